The molecule has 0 radical (unpaired) electrons. The fourth-order valence-electron chi connectivity index (χ4n) is 2.36. The van der Waals surface area contributed by atoms with E-state index in [-0.39, 0.29) is 5.75 Å². The number of aromatic nitrogens is 2. The molecule has 25 heavy (non-hydrogen) atoms. The zero-order chi connectivity index (χ0) is 17.8. The van der Waals surface area contributed by atoms with E-state index in [9.17, 15) is 4.79 Å². The first-order valence-corrected chi connectivity index (χ1v) is 7.39. The minimum absolute atomic E-state index is 0.283. The number of ether oxygens (including phenoxy) is 2. The number of benzene rings is 2. The molecule has 0 bridgehead atoms. The number of hydrogen-bond donors (Lipinski definition) is 1. The topological polar surface area (TPSA) is 97.1 Å². The maximum Gasteiger partial charge on any atom is 0.308 e. The fraction of sp³-hybridized carbons (Fsp3) is 0.111. The van der Waals surface area contributed by atoms with E-state index in [1.807, 2.05) is 6.07 Å². The number of carbonyl (C=O) groups is 1. The van der Waals surface area contributed by atoms with Gasteiger partial charge in [0.05, 0.1) is 24.3 Å². The van der Waals surface area contributed by atoms with Crippen molar-refractivity contribution in [3.05, 3.63) is 48.3 Å². The lowest BCUT2D eigenvalue weighted by molar-refractivity contribution is -0.132. The van der Waals surface area contributed by atoms with Crippen LogP contribution in [0.25, 0.3) is 10.9 Å². The van der Waals surface area contributed by atoms with Gasteiger partial charge in [0.15, 0.2) is 11.5 Å². The van der Waals surface area contributed by atoms with Crippen molar-refractivity contribution in [3.63, 3.8) is 0 Å². The highest BCUT2D eigenvalue weighted by atomic mass is 16.6. The molecule has 7 nitrogen and oxygen atoms in total. The number of hydrogen-bond acceptors (Lipinski definition) is 7. The SMILES string of the molecule is COc1cc2ncnc(Nc3cccc(C#N)c3)c2cc1OC(C)=O. The van der Waals surface area contributed by atoms with E-state index < -0.39 is 5.97 Å². The second-order valence-electron chi connectivity index (χ2n) is 5.15. The van der Waals surface area contributed by atoms with Crippen LogP contribution in [0.15, 0.2) is 42.7 Å². The molecule has 2 aromatic carbocycles. The summed E-state index contributed by atoms with van der Waals surface area (Å²) >= 11 is 0. The molecule has 0 aliphatic heterocycles. The van der Waals surface area contributed by atoms with Crippen LogP contribution in [0, 0.1) is 11.3 Å². The Morgan fingerprint density at radius 2 is 2.04 bits per heavy atom. The highest BCUT2D eigenvalue weighted by Crippen LogP contribution is 2.34. The zero-order valence-electron chi connectivity index (χ0n) is 13.6. The Labute approximate surface area is 143 Å². The van der Waals surface area contributed by atoms with Crippen LogP contribution < -0.4 is 14.8 Å². The minimum Gasteiger partial charge on any atom is -0.493 e. The molecule has 0 fully saturated rings. The number of methoxy groups -OCH3 is 1. The van der Waals surface area contributed by atoms with Gasteiger partial charge in [-0.05, 0) is 24.3 Å². The molecule has 1 heterocycles. The molecular weight excluding hydrogens is 320 g/mol. The van der Waals surface area contributed by atoms with Gasteiger partial charge in [-0.25, -0.2) is 9.97 Å². The molecule has 0 aliphatic rings. The summed E-state index contributed by atoms with van der Waals surface area (Å²) in [5, 5.41) is 12.8. The van der Waals surface area contributed by atoms with Gasteiger partial charge in [-0.15, -0.1) is 0 Å². The number of rotatable bonds is 4. The quantitative estimate of drug-likeness (QED) is 0.578. The Morgan fingerprint density at radius 1 is 1.20 bits per heavy atom. The molecule has 0 atom stereocenters. The van der Waals surface area contributed by atoms with Gasteiger partial charge in [0.1, 0.15) is 12.1 Å². The summed E-state index contributed by atoms with van der Waals surface area (Å²) in [6.07, 6.45) is 1.42. The third-order valence-electron chi connectivity index (χ3n) is 3.43. The Hall–Kier alpha value is -3.66. The van der Waals surface area contributed by atoms with E-state index in [4.69, 9.17) is 14.7 Å². The molecule has 0 spiro atoms. The van der Waals surface area contributed by atoms with E-state index in [2.05, 4.69) is 21.4 Å². The number of nitrogens with zero attached hydrogens (tertiary/aromatic N) is 3. The van der Waals surface area contributed by atoms with Gasteiger partial charge in [0.2, 0.25) is 0 Å². The maximum atomic E-state index is 11.3. The fourth-order valence-corrected chi connectivity index (χ4v) is 2.36. The summed E-state index contributed by atoms with van der Waals surface area (Å²) in [6, 6.07) is 12.4. The number of nitriles is 1. The molecule has 0 amide bonds. The van der Waals surface area contributed by atoms with E-state index in [0.717, 1.165) is 0 Å². The van der Waals surface area contributed by atoms with E-state index in [1.54, 1.807) is 30.3 Å². The first-order valence-electron chi connectivity index (χ1n) is 7.39. The molecule has 124 valence electrons. The Bertz CT molecular complexity index is 995. The molecule has 0 aliphatic carbocycles. The Balaban J connectivity index is 2.08. The smallest absolute Gasteiger partial charge is 0.308 e. The third kappa shape index (κ3) is 3.48. The Morgan fingerprint density at radius 3 is 2.76 bits per heavy atom. The van der Waals surface area contributed by atoms with Crippen LogP contribution in [0.5, 0.6) is 11.5 Å². The molecule has 1 N–H and O–H groups in total. The number of anilines is 2. The lowest BCUT2D eigenvalue weighted by atomic mass is 10.2. The third-order valence-corrected chi connectivity index (χ3v) is 3.43. The summed E-state index contributed by atoms with van der Waals surface area (Å²) in [6.45, 7) is 1.32. The van der Waals surface area contributed by atoms with Crippen LogP contribution in [0.4, 0.5) is 11.5 Å². The van der Waals surface area contributed by atoms with Crippen molar-refractivity contribution in [2.24, 2.45) is 0 Å². The average Bonchev–Trinajstić information content (AvgIpc) is 2.61. The first-order chi connectivity index (χ1) is 12.1. The summed E-state index contributed by atoms with van der Waals surface area (Å²) < 4.78 is 10.4. The van der Waals surface area contributed by atoms with Crippen molar-refractivity contribution in [2.45, 2.75) is 6.92 Å². The highest BCUT2D eigenvalue weighted by molar-refractivity contribution is 5.93. The van der Waals surface area contributed by atoms with Crippen molar-refractivity contribution < 1.29 is 14.3 Å². The van der Waals surface area contributed by atoms with Crippen LogP contribution >= 0.6 is 0 Å². The van der Waals surface area contributed by atoms with Gasteiger partial charge < -0.3 is 14.8 Å². The second-order valence-corrected chi connectivity index (χ2v) is 5.15. The lowest BCUT2D eigenvalue weighted by Crippen LogP contribution is -2.04. The number of esters is 1. The molecule has 7 heteroatoms. The largest absolute Gasteiger partial charge is 0.493 e. The predicted octanol–water partition coefficient (Wildman–Crippen LogP) is 3.18. The average molecular weight is 334 g/mol. The molecule has 3 rings (SSSR count). The molecule has 0 saturated carbocycles. The van der Waals surface area contributed by atoms with Crippen molar-refractivity contribution in [3.8, 4) is 17.6 Å². The van der Waals surface area contributed by atoms with Crippen molar-refractivity contribution in [2.75, 3.05) is 12.4 Å². The van der Waals surface area contributed by atoms with Crippen LogP contribution in [-0.4, -0.2) is 23.0 Å². The second kappa shape index (κ2) is 6.84. The van der Waals surface area contributed by atoms with Gasteiger partial charge in [0, 0.05) is 24.1 Å². The molecule has 3 aromatic rings. The number of carbonyl (C=O) groups excluding carboxylic acids is 1. The summed E-state index contributed by atoms with van der Waals surface area (Å²) in [5.41, 5.74) is 1.87. The minimum atomic E-state index is -0.453. The molecule has 0 saturated heterocycles. The predicted molar refractivity (Wildman–Crippen MR) is 91.8 cm³/mol. The molecular formula is C18H14N4O3. The Kier molecular flexibility index (Phi) is 4.44. The number of nitrogens with one attached hydrogen (secondary N) is 1. The monoisotopic (exact) mass is 334 g/mol. The van der Waals surface area contributed by atoms with Gasteiger partial charge in [-0.3, -0.25) is 4.79 Å². The highest BCUT2D eigenvalue weighted by Gasteiger charge is 2.13. The van der Waals surface area contributed by atoms with Crippen LogP contribution in [0.3, 0.4) is 0 Å². The van der Waals surface area contributed by atoms with Crippen molar-refractivity contribution in [1.29, 1.82) is 5.26 Å². The van der Waals surface area contributed by atoms with Gasteiger partial charge >= 0.3 is 5.97 Å². The van der Waals surface area contributed by atoms with Gasteiger partial charge in [-0.2, -0.15) is 5.26 Å². The van der Waals surface area contributed by atoms with Crippen LogP contribution in [0.1, 0.15) is 12.5 Å². The van der Waals surface area contributed by atoms with E-state index >= 15 is 0 Å². The van der Waals surface area contributed by atoms with Crippen LogP contribution in [-0.2, 0) is 4.79 Å². The summed E-state index contributed by atoms with van der Waals surface area (Å²) in [5.74, 6) is 0.756. The number of fused-ring (bicyclic) bond motifs is 1. The van der Waals surface area contributed by atoms with Crippen molar-refractivity contribution in [1.82, 2.24) is 9.97 Å². The van der Waals surface area contributed by atoms with E-state index in [0.29, 0.717) is 33.7 Å². The standard InChI is InChI=1S/C18H14N4O3/c1-11(23)25-17-7-14-15(8-16(17)24-2)20-10-21-18(14)22-13-5-3-4-12(6-13)9-19/h3-8,10H,1-2H3,(H,20,21,22). The van der Waals surface area contributed by atoms with Crippen molar-refractivity contribution >= 4 is 28.4 Å². The molecule has 0 unspecified atom stereocenters. The molecule has 1 aromatic heterocycles. The first kappa shape index (κ1) is 16.2. The van der Waals surface area contributed by atoms with Gasteiger partial charge in [0.25, 0.3) is 0 Å². The van der Waals surface area contributed by atoms with Gasteiger partial charge in [-0.1, -0.05) is 6.07 Å². The maximum absolute atomic E-state index is 11.3. The van der Waals surface area contributed by atoms with Crippen LogP contribution in [0.2, 0.25) is 0 Å². The summed E-state index contributed by atoms with van der Waals surface area (Å²) in [7, 11) is 1.49. The lowest BCUT2D eigenvalue weighted by Gasteiger charge is -2.12. The zero-order valence-corrected chi connectivity index (χ0v) is 13.6. The van der Waals surface area contributed by atoms with E-state index in [1.165, 1.54) is 20.4 Å². The normalized spacial score (nSPS) is 10.1. The summed E-state index contributed by atoms with van der Waals surface area (Å²) in [4.78, 5) is 19.8.